The van der Waals surface area contributed by atoms with Crippen LogP contribution in [0, 0.1) is 17.2 Å². The first-order valence-corrected chi connectivity index (χ1v) is 11.2. The zero-order chi connectivity index (χ0) is 18.0. The van der Waals surface area contributed by atoms with Crippen molar-refractivity contribution in [3.8, 4) is 17.6 Å². The molecule has 1 heterocycles. The third kappa shape index (κ3) is 3.91. The van der Waals surface area contributed by atoms with Gasteiger partial charge < -0.3 is 19.0 Å². The molecule has 5 nitrogen and oxygen atoms in total. The first-order valence-electron chi connectivity index (χ1n) is 8.25. The van der Waals surface area contributed by atoms with Crippen LogP contribution < -0.4 is 9.47 Å². The van der Waals surface area contributed by atoms with Crippen molar-refractivity contribution in [1.82, 2.24) is 0 Å². The molecule has 2 atom stereocenters. The van der Waals surface area contributed by atoms with Crippen molar-refractivity contribution in [1.29, 1.82) is 5.26 Å². The average Bonchev–Trinajstić information content (AvgIpc) is 2.97. The van der Waals surface area contributed by atoms with Gasteiger partial charge in [0, 0.05) is 18.9 Å². The number of benzene rings is 1. The number of aliphatic hydroxyl groups is 1. The van der Waals surface area contributed by atoms with Crippen LogP contribution in [0.5, 0.6) is 11.5 Å². The van der Waals surface area contributed by atoms with E-state index < -0.39 is 8.32 Å². The van der Waals surface area contributed by atoms with E-state index in [0.717, 1.165) is 5.56 Å². The van der Waals surface area contributed by atoms with Crippen molar-refractivity contribution in [2.45, 2.75) is 51.4 Å². The summed E-state index contributed by atoms with van der Waals surface area (Å²) in [6, 6.07) is 7.87. The van der Waals surface area contributed by atoms with Crippen LogP contribution in [0.15, 0.2) is 18.2 Å². The van der Waals surface area contributed by atoms with Crippen molar-refractivity contribution in [2.24, 2.45) is 5.92 Å². The second-order valence-corrected chi connectivity index (χ2v) is 12.5. The normalized spacial score (nSPS) is 16.5. The van der Waals surface area contributed by atoms with Crippen molar-refractivity contribution in [2.75, 3.05) is 13.4 Å². The Kier molecular flexibility index (Phi) is 5.58. The van der Waals surface area contributed by atoms with Crippen molar-refractivity contribution >= 4 is 8.32 Å². The Bertz CT molecular complexity index is 618. The molecule has 0 aromatic heterocycles. The van der Waals surface area contributed by atoms with E-state index in [-0.39, 0.29) is 36.9 Å². The lowest BCUT2D eigenvalue weighted by atomic mass is 9.94. The van der Waals surface area contributed by atoms with Gasteiger partial charge in [0.15, 0.2) is 19.8 Å². The Labute approximate surface area is 145 Å². The molecule has 0 saturated carbocycles. The average molecular weight is 350 g/mol. The Hall–Kier alpha value is -1.55. The predicted molar refractivity (Wildman–Crippen MR) is 94.4 cm³/mol. The van der Waals surface area contributed by atoms with E-state index in [0.29, 0.717) is 11.5 Å². The van der Waals surface area contributed by atoms with Crippen molar-refractivity contribution < 1.29 is 19.0 Å². The highest BCUT2D eigenvalue weighted by Crippen LogP contribution is 2.44. The number of rotatable bonds is 6. The summed E-state index contributed by atoms with van der Waals surface area (Å²) in [6.07, 6.45) is -0.102. The number of nitriles is 1. The number of fused-ring (bicyclic) bond motifs is 1. The van der Waals surface area contributed by atoms with E-state index in [4.69, 9.17) is 19.2 Å². The van der Waals surface area contributed by atoms with Gasteiger partial charge in [-0.05, 0) is 35.8 Å². The van der Waals surface area contributed by atoms with Gasteiger partial charge in [-0.3, -0.25) is 0 Å². The summed E-state index contributed by atoms with van der Waals surface area (Å²) in [5.41, 5.74) is 0.915. The van der Waals surface area contributed by atoms with Crippen LogP contribution in [0.3, 0.4) is 0 Å². The number of hydrogen-bond donors (Lipinski definition) is 1. The summed E-state index contributed by atoms with van der Waals surface area (Å²) >= 11 is 0. The molecule has 0 saturated heterocycles. The van der Waals surface area contributed by atoms with Crippen LogP contribution in [-0.2, 0) is 4.43 Å². The monoisotopic (exact) mass is 349 g/mol. The molecule has 0 radical (unpaired) electrons. The zero-order valence-electron chi connectivity index (χ0n) is 15.1. The fraction of sp³-hybridized carbons (Fsp3) is 0.611. The molecule has 1 aromatic rings. The molecular formula is C18H27NO4Si. The third-order valence-electron chi connectivity index (χ3n) is 4.97. The topological polar surface area (TPSA) is 71.7 Å². The van der Waals surface area contributed by atoms with Crippen LogP contribution in [0.4, 0.5) is 0 Å². The van der Waals surface area contributed by atoms with E-state index in [9.17, 15) is 5.11 Å². The molecule has 0 amide bonds. The highest BCUT2D eigenvalue weighted by Gasteiger charge is 2.41. The Morgan fingerprint density at radius 2 is 1.96 bits per heavy atom. The minimum absolute atomic E-state index is 0.0360. The summed E-state index contributed by atoms with van der Waals surface area (Å²) < 4.78 is 17.4. The van der Waals surface area contributed by atoms with Crippen LogP contribution in [-0.4, -0.2) is 26.8 Å². The fourth-order valence-electron chi connectivity index (χ4n) is 2.41. The number of nitrogens with zero attached hydrogens (tertiary/aromatic N) is 1. The number of ether oxygens (including phenoxy) is 2. The first-order chi connectivity index (χ1) is 11.2. The SMILES string of the molecule is CC(C)(C)[Si](C)(C)O[C@H](c1ccc2c(c1)OCO2)[C@H](CO)CC#N. The van der Waals surface area contributed by atoms with Crippen LogP contribution in [0.2, 0.25) is 18.1 Å². The van der Waals surface area contributed by atoms with E-state index in [1.807, 2.05) is 18.2 Å². The Balaban J connectivity index is 2.38. The molecule has 24 heavy (non-hydrogen) atoms. The van der Waals surface area contributed by atoms with Gasteiger partial charge >= 0.3 is 0 Å². The first kappa shape index (κ1) is 18.8. The van der Waals surface area contributed by atoms with E-state index in [1.165, 1.54) is 0 Å². The predicted octanol–water partition coefficient (Wildman–Crippen LogP) is 4.00. The van der Waals surface area contributed by atoms with Gasteiger partial charge in [0.25, 0.3) is 0 Å². The summed E-state index contributed by atoms with van der Waals surface area (Å²) in [5, 5.41) is 19.0. The third-order valence-corrected chi connectivity index (χ3v) is 9.42. The van der Waals surface area contributed by atoms with Gasteiger partial charge in [0.05, 0.1) is 12.2 Å². The van der Waals surface area contributed by atoms with Gasteiger partial charge in [0.1, 0.15) is 0 Å². The minimum Gasteiger partial charge on any atom is -0.454 e. The smallest absolute Gasteiger partial charge is 0.231 e. The fourth-order valence-corrected chi connectivity index (χ4v) is 3.72. The van der Waals surface area contributed by atoms with Gasteiger partial charge in [-0.1, -0.05) is 26.8 Å². The standard InChI is InChI=1S/C18H27NO4Si/c1-18(2,3)24(4,5)23-17(14(11-20)8-9-19)13-6-7-15-16(10-13)22-12-21-15/h6-7,10,14,17,20H,8,11-12H2,1-5H3/t14-,17+/m0/s1. The molecule has 0 bridgehead atoms. The lowest BCUT2D eigenvalue weighted by Crippen LogP contribution is -2.43. The van der Waals surface area contributed by atoms with E-state index >= 15 is 0 Å². The zero-order valence-corrected chi connectivity index (χ0v) is 16.1. The molecule has 0 fully saturated rings. The Morgan fingerprint density at radius 3 is 2.54 bits per heavy atom. The Morgan fingerprint density at radius 1 is 1.29 bits per heavy atom. The van der Waals surface area contributed by atoms with E-state index in [1.54, 1.807) is 0 Å². The maximum Gasteiger partial charge on any atom is 0.231 e. The summed E-state index contributed by atoms with van der Waals surface area (Å²) in [7, 11) is -2.08. The molecular weight excluding hydrogens is 322 g/mol. The number of hydrogen-bond acceptors (Lipinski definition) is 5. The molecule has 2 rings (SSSR count). The van der Waals surface area contributed by atoms with Gasteiger partial charge in [-0.2, -0.15) is 5.26 Å². The summed E-state index contributed by atoms with van der Waals surface area (Å²) in [4.78, 5) is 0. The number of aliphatic hydroxyl groups excluding tert-OH is 1. The largest absolute Gasteiger partial charge is 0.454 e. The second-order valence-electron chi connectivity index (χ2n) is 7.72. The van der Waals surface area contributed by atoms with Gasteiger partial charge in [0.2, 0.25) is 6.79 Å². The van der Waals surface area contributed by atoms with Gasteiger partial charge in [-0.25, -0.2) is 0 Å². The van der Waals surface area contributed by atoms with Crippen LogP contribution >= 0.6 is 0 Å². The highest BCUT2D eigenvalue weighted by atomic mass is 28.4. The minimum atomic E-state index is -2.08. The molecule has 6 heteroatoms. The van der Waals surface area contributed by atoms with Crippen LogP contribution in [0.1, 0.15) is 38.9 Å². The van der Waals surface area contributed by atoms with Gasteiger partial charge in [-0.15, -0.1) is 0 Å². The molecule has 1 N–H and O–H groups in total. The molecule has 1 aliphatic rings. The second kappa shape index (κ2) is 7.14. The van der Waals surface area contributed by atoms with Crippen molar-refractivity contribution in [3.05, 3.63) is 23.8 Å². The van der Waals surface area contributed by atoms with Crippen molar-refractivity contribution in [3.63, 3.8) is 0 Å². The molecule has 1 aliphatic heterocycles. The molecule has 132 valence electrons. The lowest BCUT2D eigenvalue weighted by molar-refractivity contribution is 0.0771. The quantitative estimate of drug-likeness (QED) is 0.786. The summed E-state index contributed by atoms with van der Waals surface area (Å²) in [5.74, 6) is 1.13. The molecule has 1 aromatic carbocycles. The molecule has 0 spiro atoms. The molecule has 0 unspecified atom stereocenters. The maximum absolute atomic E-state index is 9.81. The highest BCUT2D eigenvalue weighted by molar-refractivity contribution is 6.74. The summed E-state index contributed by atoms with van der Waals surface area (Å²) in [6.45, 7) is 11.0. The van der Waals surface area contributed by atoms with Crippen LogP contribution in [0.25, 0.3) is 0 Å². The van der Waals surface area contributed by atoms with E-state index in [2.05, 4.69) is 39.9 Å². The lowest BCUT2D eigenvalue weighted by Gasteiger charge is -2.41. The molecule has 0 aliphatic carbocycles. The maximum atomic E-state index is 9.81.